The Morgan fingerprint density at radius 3 is 2.73 bits per heavy atom. The second-order valence-corrected chi connectivity index (χ2v) is 6.47. The topological polar surface area (TPSA) is 63.9 Å². The number of carbonyl (C=O) groups is 1. The second-order valence-electron chi connectivity index (χ2n) is 6.47. The van der Waals surface area contributed by atoms with Gasteiger partial charge in [-0.15, -0.1) is 10.2 Å². The van der Waals surface area contributed by atoms with Crippen LogP contribution in [0.4, 0.5) is 5.69 Å². The first kappa shape index (κ1) is 16.4. The highest BCUT2D eigenvalue weighted by atomic mass is 16.2. The Hall–Kier alpha value is -3.02. The summed E-state index contributed by atoms with van der Waals surface area (Å²) in [5, 5.41) is 12.5. The molecule has 0 spiro atoms. The Kier molecular flexibility index (Phi) is 4.48. The fourth-order valence-electron chi connectivity index (χ4n) is 3.31. The number of anilines is 1. The van der Waals surface area contributed by atoms with Gasteiger partial charge in [0.1, 0.15) is 6.54 Å². The molecule has 6 nitrogen and oxygen atoms in total. The number of nitrogens with zero attached hydrogens (tertiary/aromatic N) is 5. The van der Waals surface area contributed by atoms with E-state index in [1.54, 1.807) is 0 Å². The lowest BCUT2D eigenvalue weighted by atomic mass is 10.0. The molecule has 0 fully saturated rings. The fourth-order valence-corrected chi connectivity index (χ4v) is 3.31. The lowest BCUT2D eigenvalue weighted by Crippen LogP contribution is -2.38. The molecular formula is C20H21N5O. The number of amides is 1. The van der Waals surface area contributed by atoms with Crippen molar-refractivity contribution in [2.75, 3.05) is 11.4 Å². The van der Waals surface area contributed by atoms with Crippen LogP contribution in [0.15, 0.2) is 48.5 Å². The Bertz CT molecular complexity index is 916. The molecule has 1 amide bonds. The first-order valence-corrected chi connectivity index (χ1v) is 9.00. The van der Waals surface area contributed by atoms with E-state index in [1.807, 2.05) is 35.2 Å². The molecule has 0 radical (unpaired) electrons. The molecule has 0 saturated carbocycles. The molecule has 4 rings (SSSR count). The van der Waals surface area contributed by atoms with Gasteiger partial charge in [-0.25, -0.2) is 0 Å². The standard InChI is InChI=1S/C20H21N5O/c1-2-15-9-11-17(12-10-15)20-21-23-25(22-20)14-19(26)24-13-5-7-16-6-3-4-8-18(16)24/h3-4,6,8-12H,2,5,7,13-14H2,1H3. The third-order valence-electron chi connectivity index (χ3n) is 4.76. The summed E-state index contributed by atoms with van der Waals surface area (Å²) < 4.78 is 0. The first-order valence-electron chi connectivity index (χ1n) is 9.00. The maximum absolute atomic E-state index is 12.8. The summed E-state index contributed by atoms with van der Waals surface area (Å²) in [4.78, 5) is 16.0. The van der Waals surface area contributed by atoms with E-state index in [0.717, 1.165) is 37.1 Å². The molecule has 1 aliphatic rings. The van der Waals surface area contributed by atoms with E-state index < -0.39 is 0 Å². The van der Waals surface area contributed by atoms with E-state index in [0.29, 0.717) is 5.82 Å². The molecule has 1 aliphatic heterocycles. The van der Waals surface area contributed by atoms with Crippen molar-refractivity contribution in [2.24, 2.45) is 0 Å². The Labute approximate surface area is 152 Å². The molecule has 0 unspecified atom stereocenters. The number of benzene rings is 2. The van der Waals surface area contributed by atoms with Crippen LogP contribution in [-0.2, 0) is 24.2 Å². The molecule has 6 heteroatoms. The maximum Gasteiger partial charge on any atom is 0.250 e. The second kappa shape index (κ2) is 7.07. The zero-order chi connectivity index (χ0) is 17.9. The number of fused-ring (bicyclic) bond motifs is 1. The van der Waals surface area contributed by atoms with Crippen LogP contribution in [0.25, 0.3) is 11.4 Å². The van der Waals surface area contributed by atoms with Crippen LogP contribution in [0.5, 0.6) is 0 Å². The van der Waals surface area contributed by atoms with Gasteiger partial charge in [0, 0.05) is 17.8 Å². The lowest BCUT2D eigenvalue weighted by molar-refractivity contribution is -0.119. The SMILES string of the molecule is CCc1ccc(-c2nnn(CC(=O)N3CCCc4ccccc43)n2)cc1. The van der Waals surface area contributed by atoms with Gasteiger partial charge in [-0.3, -0.25) is 4.79 Å². The predicted molar refractivity (Wildman–Crippen MR) is 99.7 cm³/mol. The number of aryl methyl sites for hydroxylation is 2. The summed E-state index contributed by atoms with van der Waals surface area (Å²) in [7, 11) is 0. The van der Waals surface area contributed by atoms with Gasteiger partial charge in [0.25, 0.3) is 5.91 Å². The van der Waals surface area contributed by atoms with Crippen molar-refractivity contribution >= 4 is 11.6 Å². The molecule has 0 bridgehead atoms. The highest BCUT2D eigenvalue weighted by molar-refractivity contribution is 5.94. The van der Waals surface area contributed by atoms with Crippen LogP contribution in [-0.4, -0.2) is 32.7 Å². The highest BCUT2D eigenvalue weighted by Crippen LogP contribution is 2.26. The van der Waals surface area contributed by atoms with Gasteiger partial charge in [-0.2, -0.15) is 4.80 Å². The molecule has 0 aliphatic carbocycles. The largest absolute Gasteiger partial charge is 0.310 e. The molecule has 3 aromatic rings. The molecule has 132 valence electrons. The summed E-state index contributed by atoms with van der Waals surface area (Å²) in [6.07, 6.45) is 2.98. The fraction of sp³-hybridized carbons (Fsp3) is 0.300. The van der Waals surface area contributed by atoms with Gasteiger partial charge in [0.2, 0.25) is 5.82 Å². The monoisotopic (exact) mass is 347 g/mol. The third kappa shape index (κ3) is 3.22. The number of tetrazole rings is 1. The van der Waals surface area contributed by atoms with E-state index in [4.69, 9.17) is 0 Å². The van der Waals surface area contributed by atoms with Crippen LogP contribution in [0.2, 0.25) is 0 Å². The Balaban J connectivity index is 1.50. The van der Waals surface area contributed by atoms with E-state index in [2.05, 4.69) is 40.5 Å². The minimum Gasteiger partial charge on any atom is -0.310 e. The molecule has 2 heterocycles. The third-order valence-corrected chi connectivity index (χ3v) is 4.76. The number of hydrogen-bond donors (Lipinski definition) is 0. The number of carbonyl (C=O) groups excluding carboxylic acids is 1. The van der Waals surface area contributed by atoms with E-state index >= 15 is 0 Å². The predicted octanol–water partition coefficient (Wildman–Crippen LogP) is 2.88. The van der Waals surface area contributed by atoms with Gasteiger partial charge < -0.3 is 4.90 Å². The zero-order valence-corrected chi connectivity index (χ0v) is 14.8. The van der Waals surface area contributed by atoms with Crippen molar-refractivity contribution in [3.63, 3.8) is 0 Å². The maximum atomic E-state index is 12.8. The number of hydrogen-bond acceptors (Lipinski definition) is 4. The van der Waals surface area contributed by atoms with Crippen LogP contribution in [0.3, 0.4) is 0 Å². The lowest BCUT2D eigenvalue weighted by Gasteiger charge is -2.29. The van der Waals surface area contributed by atoms with E-state index in [-0.39, 0.29) is 12.5 Å². The molecule has 2 aromatic carbocycles. The van der Waals surface area contributed by atoms with Gasteiger partial charge in [0.05, 0.1) is 0 Å². The number of aromatic nitrogens is 4. The minimum atomic E-state index is -0.0116. The minimum absolute atomic E-state index is 0.0116. The smallest absolute Gasteiger partial charge is 0.250 e. The highest BCUT2D eigenvalue weighted by Gasteiger charge is 2.23. The van der Waals surface area contributed by atoms with Crippen molar-refractivity contribution in [3.8, 4) is 11.4 Å². The van der Waals surface area contributed by atoms with Crippen LogP contribution < -0.4 is 4.90 Å². The molecule has 26 heavy (non-hydrogen) atoms. The van der Waals surface area contributed by atoms with Crippen molar-refractivity contribution < 1.29 is 4.79 Å². The van der Waals surface area contributed by atoms with Crippen LogP contribution in [0, 0.1) is 0 Å². The number of rotatable bonds is 4. The van der Waals surface area contributed by atoms with Gasteiger partial charge in [-0.05, 0) is 41.7 Å². The number of para-hydroxylation sites is 1. The first-order chi connectivity index (χ1) is 12.7. The van der Waals surface area contributed by atoms with Gasteiger partial charge in [0.15, 0.2) is 0 Å². The normalized spacial score (nSPS) is 13.5. The molecule has 1 aromatic heterocycles. The van der Waals surface area contributed by atoms with Crippen LogP contribution in [0.1, 0.15) is 24.5 Å². The van der Waals surface area contributed by atoms with Crippen molar-refractivity contribution in [2.45, 2.75) is 32.7 Å². The summed E-state index contributed by atoms with van der Waals surface area (Å²) in [6, 6.07) is 16.2. The van der Waals surface area contributed by atoms with Crippen molar-refractivity contribution in [1.82, 2.24) is 20.2 Å². The van der Waals surface area contributed by atoms with Gasteiger partial charge >= 0.3 is 0 Å². The molecular weight excluding hydrogens is 326 g/mol. The Morgan fingerprint density at radius 1 is 1.12 bits per heavy atom. The average molecular weight is 347 g/mol. The summed E-state index contributed by atoms with van der Waals surface area (Å²) in [5.41, 5.74) is 4.39. The average Bonchev–Trinajstić information content (AvgIpc) is 3.16. The summed E-state index contributed by atoms with van der Waals surface area (Å²) >= 11 is 0. The summed E-state index contributed by atoms with van der Waals surface area (Å²) in [6.45, 7) is 2.94. The van der Waals surface area contributed by atoms with Crippen molar-refractivity contribution in [1.29, 1.82) is 0 Å². The van der Waals surface area contributed by atoms with Crippen molar-refractivity contribution in [3.05, 3.63) is 59.7 Å². The molecule has 0 N–H and O–H groups in total. The zero-order valence-electron chi connectivity index (χ0n) is 14.8. The quantitative estimate of drug-likeness (QED) is 0.728. The molecule has 0 saturated heterocycles. The van der Waals surface area contributed by atoms with Gasteiger partial charge in [-0.1, -0.05) is 49.4 Å². The Morgan fingerprint density at radius 2 is 1.92 bits per heavy atom. The van der Waals surface area contributed by atoms with E-state index in [1.165, 1.54) is 15.9 Å². The summed E-state index contributed by atoms with van der Waals surface area (Å²) in [5.74, 6) is 0.530. The molecule has 0 atom stereocenters. The van der Waals surface area contributed by atoms with Crippen LogP contribution >= 0.6 is 0 Å². The van der Waals surface area contributed by atoms with E-state index in [9.17, 15) is 4.79 Å².